The molecule has 0 bridgehead atoms. The second-order valence-corrected chi connectivity index (χ2v) is 11.3. The molecule has 0 N–H and O–H groups in total. The summed E-state index contributed by atoms with van der Waals surface area (Å²) < 4.78 is 12.8. The molecule has 0 atom stereocenters. The van der Waals surface area contributed by atoms with Gasteiger partial charge in [-0.25, -0.2) is 0 Å². The quantitative estimate of drug-likeness (QED) is 0.205. The Morgan fingerprint density at radius 1 is 0.302 bits per heavy atom. The van der Waals surface area contributed by atoms with Crippen molar-refractivity contribution in [1.82, 2.24) is 0 Å². The van der Waals surface area contributed by atoms with Crippen molar-refractivity contribution in [2.24, 2.45) is 0 Å². The Morgan fingerprint density at radius 3 is 1.42 bits per heavy atom. The van der Waals surface area contributed by atoms with E-state index in [4.69, 9.17) is 8.83 Å². The maximum Gasteiger partial charge on any atom is 0.137 e. The summed E-state index contributed by atoms with van der Waals surface area (Å²) in [5.41, 5.74) is 6.74. The normalized spacial score (nSPS) is 12.2. The number of furan rings is 2. The van der Waals surface area contributed by atoms with Gasteiger partial charge < -0.3 is 13.7 Å². The van der Waals surface area contributed by atoms with E-state index in [0.717, 1.165) is 60.9 Å². The molecule has 0 saturated heterocycles. The summed E-state index contributed by atoms with van der Waals surface area (Å²) >= 11 is 0. The Bertz CT molecular complexity index is 2560. The Hall–Kier alpha value is -5.80. The summed E-state index contributed by atoms with van der Waals surface area (Å²) in [6, 6.07) is 49.5. The molecule has 10 rings (SSSR count). The zero-order valence-electron chi connectivity index (χ0n) is 23.0. The van der Waals surface area contributed by atoms with Gasteiger partial charge in [-0.15, -0.1) is 0 Å². The third-order valence-electron chi connectivity index (χ3n) is 8.99. The fourth-order valence-electron chi connectivity index (χ4n) is 7.19. The van der Waals surface area contributed by atoms with Gasteiger partial charge in [-0.3, -0.25) is 0 Å². The maximum atomic E-state index is 6.39. The fourth-order valence-corrected chi connectivity index (χ4v) is 7.19. The Labute approximate surface area is 246 Å². The van der Waals surface area contributed by atoms with Crippen molar-refractivity contribution < 1.29 is 8.83 Å². The minimum atomic E-state index is 0.866. The van der Waals surface area contributed by atoms with E-state index >= 15 is 0 Å². The molecule has 8 aromatic carbocycles. The predicted molar refractivity (Wildman–Crippen MR) is 179 cm³/mol. The third kappa shape index (κ3) is 3.08. The SMILES string of the molecule is c1cc2ccc3ccc(N(c4cccc5oc6ccccc6c45)c4cccc5oc6ccccc6c45)c4ccc(c1)c2c34. The van der Waals surface area contributed by atoms with E-state index in [9.17, 15) is 0 Å². The molecule has 2 heterocycles. The second-order valence-electron chi connectivity index (χ2n) is 11.3. The minimum Gasteiger partial charge on any atom is -0.456 e. The molecule has 0 aliphatic rings. The second kappa shape index (κ2) is 8.37. The summed E-state index contributed by atoms with van der Waals surface area (Å²) in [6.07, 6.45) is 0. The van der Waals surface area contributed by atoms with Crippen LogP contribution < -0.4 is 4.90 Å². The van der Waals surface area contributed by atoms with Gasteiger partial charge in [0.05, 0.1) is 27.8 Å². The Balaban J connectivity index is 1.40. The first-order valence-electron chi connectivity index (χ1n) is 14.6. The molecule has 0 saturated carbocycles. The molecule has 0 radical (unpaired) electrons. The predicted octanol–water partition coefficient (Wildman–Crippen LogP) is 11.9. The van der Waals surface area contributed by atoms with E-state index in [1.165, 1.54) is 32.3 Å². The largest absolute Gasteiger partial charge is 0.456 e. The van der Waals surface area contributed by atoms with Gasteiger partial charge in [0, 0.05) is 16.2 Å². The molecule has 0 aliphatic carbocycles. The van der Waals surface area contributed by atoms with E-state index in [2.05, 4.69) is 120 Å². The maximum absolute atomic E-state index is 6.39. The van der Waals surface area contributed by atoms with Crippen LogP contribution in [0.2, 0.25) is 0 Å². The lowest BCUT2D eigenvalue weighted by atomic mass is 9.93. The third-order valence-corrected chi connectivity index (χ3v) is 8.99. The van der Waals surface area contributed by atoms with Crippen molar-refractivity contribution in [1.29, 1.82) is 0 Å². The van der Waals surface area contributed by atoms with Crippen LogP contribution in [0.5, 0.6) is 0 Å². The smallest absolute Gasteiger partial charge is 0.137 e. The Kier molecular flexibility index (Phi) is 4.45. The lowest BCUT2D eigenvalue weighted by Crippen LogP contribution is -2.11. The fraction of sp³-hybridized carbons (Fsp3) is 0. The van der Waals surface area contributed by atoms with Crippen LogP contribution in [0.1, 0.15) is 0 Å². The van der Waals surface area contributed by atoms with Crippen LogP contribution in [-0.4, -0.2) is 0 Å². The first-order valence-corrected chi connectivity index (χ1v) is 14.6. The minimum absolute atomic E-state index is 0.866. The van der Waals surface area contributed by atoms with Gasteiger partial charge in [0.2, 0.25) is 0 Å². The van der Waals surface area contributed by atoms with Gasteiger partial charge in [0.1, 0.15) is 22.3 Å². The van der Waals surface area contributed by atoms with Gasteiger partial charge in [-0.2, -0.15) is 0 Å². The molecule has 0 aliphatic heterocycles. The highest BCUT2D eigenvalue weighted by atomic mass is 16.3. The molecule has 0 amide bonds. The number of rotatable bonds is 3. The average Bonchev–Trinajstić information content (AvgIpc) is 3.63. The highest BCUT2D eigenvalue weighted by Crippen LogP contribution is 2.49. The first-order chi connectivity index (χ1) is 21.3. The van der Waals surface area contributed by atoms with Crippen molar-refractivity contribution in [3.05, 3.63) is 140 Å². The summed E-state index contributed by atoms with van der Waals surface area (Å²) in [6.45, 7) is 0. The molecule has 0 fully saturated rings. The van der Waals surface area contributed by atoms with E-state index in [1.54, 1.807) is 0 Å². The molecule has 0 spiro atoms. The van der Waals surface area contributed by atoms with E-state index < -0.39 is 0 Å². The number of benzene rings is 8. The molecule has 3 heteroatoms. The van der Waals surface area contributed by atoms with Crippen molar-refractivity contribution >= 4 is 93.3 Å². The molecule has 2 aromatic heterocycles. The Morgan fingerprint density at radius 2 is 0.791 bits per heavy atom. The zero-order valence-corrected chi connectivity index (χ0v) is 23.0. The molecule has 200 valence electrons. The van der Waals surface area contributed by atoms with Crippen LogP contribution in [-0.2, 0) is 0 Å². The molecular formula is C40H23NO2. The van der Waals surface area contributed by atoms with E-state index in [1.807, 2.05) is 24.3 Å². The van der Waals surface area contributed by atoms with Gasteiger partial charge >= 0.3 is 0 Å². The summed E-state index contributed by atoms with van der Waals surface area (Å²) in [4.78, 5) is 2.42. The van der Waals surface area contributed by atoms with Crippen LogP contribution in [0, 0.1) is 0 Å². The van der Waals surface area contributed by atoms with Crippen LogP contribution in [0.25, 0.3) is 76.2 Å². The molecule has 10 aromatic rings. The van der Waals surface area contributed by atoms with Crippen molar-refractivity contribution in [3.8, 4) is 0 Å². The number of fused-ring (bicyclic) bond motifs is 6. The lowest BCUT2D eigenvalue weighted by molar-refractivity contribution is 0.668. The van der Waals surface area contributed by atoms with Crippen LogP contribution in [0.3, 0.4) is 0 Å². The lowest BCUT2D eigenvalue weighted by Gasteiger charge is -2.29. The average molecular weight is 550 g/mol. The first kappa shape index (κ1) is 22.8. The van der Waals surface area contributed by atoms with E-state index in [-0.39, 0.29) is 0 Å². The van der Waals surface area contributed by atoms with Gasteiger partial charge in [0.15, 0.2) is 0 Å². The van der Waals surface area contributed by atoms with Gasteiger partial charge in [0.25, 0.3) is 0 Å². The number of anilines is 3. The molecule has 43 heavy (non-hydrogen) atoms. The van der Waals surface area contributed by atoms with Gasteiger partial charge in [-0.05, 0) is 69.4 Å². The van der Waals surface area contributed by atoms with Crippen LogP contribution in [0.15, 0.2) is 148 Å². The zero-order chi connectivity index (χ0) is 28.1. The van der Waals surface area contributed by atoms with E-state index in [0.29, 0.717) is 0 Å². The van der Waals surface area contributed by atoms with Crippen molar-refractivity contribution in [2.75, 3.05) is 4.90 Å². The molecule has 0 unspecified atom stereocenters. The van der Waals surface area contributed by atoms with Gasteiger partial charge in [-0.1, -0.05) is 97.1 Å². The highest BCUT2D eigenvalue weighted by molar-refractivity contribution is 6.27. The number of nitrogens with zero attached hydrogens (tertiary/aromatic N) is 1. The topological polar surface area (TPSA) is 29.5 Å². The van der Waals surface area contributed by atoms with Crippen LogP contribution in [0.4, 0.5) is 17.1 Å². The highest BCUT2D eigenvalue weighted by Gasteiger charge is 2.25. The van der Waals surface area contributed by atoms with Crippen molar-refractivity contribution in [3.63, 3.8) is 0 Å². The molecular weight excluding hydrogens is 526 g/mol. The summed E-state index contributed by atoms with van der Waals surface area (Å²) in [5.74, 6) is 0. The van der Waals surface area contributed by atoms with Crippen molar-refractivity contribution in [2.45, 2.75) is 0 Å². The standard InChI is InChI=1S/C40H23NO2/c1-3-14-33-28(10-1)39-31(12-6-16-35(39)42-33)41(32-13-7-17-36-40(32)29-11-2-4-15-34(29)43-36)30-23-21-26-19-18-24-8-5-9-25-20-22-27(30)38(26)37(24)25/h1-23H. The number of hydrogen-bond donors (Lipinski definition) is 0. The number of hydrogen-bond acceptors (Lipinski definition) is 3. The molecule has 3 nitrogen and oxygen atoms in total. The number of para-hydroxylation sites is 2. The summed E-state index contributed by atoms with van der Waals surface area (Å²) in [5, 5.41) is 11.9. The monoisotopic (exact) mass is 549 g/mol. The van der Waals surface area contributed by atoms with Crippen LogP contribution >= 0.6 is 0 Å². The summed E-state index contributed by atoms with van der Waals surface area (Å²) in [7, 11) is 0.